The third kappa shape index (κ3) is 2.73. The largest absolute Gasteiger partial charge is 0.469 e. The molecule has 150 valence electrons. The van der Waals surface area contributed by atoms with Crippen LogP contribution in [-0.2, 0) is 29.3 Å². The Morgan fingerprint density at radius 3 is 2.31 bits per heavy atom. The minimum Gasteiger partial charge on any atom is -0.469 e. The van der Waals surface area contributed by atoms with E-state index in [1.165, 1.54) is 14.2 Å². The van der Waals surface area contributed by atoms with Gasteiger partial charge in [-0.2, -0.15) is 0 Å². The number of halogens is 1. The number of hydrogen-bond donors (Lipinski definition) is 2. The average molecular weight is 415 g/mol. The topological polar surface area (TPSA) is 93.7 Å². The fraction of sp³-hybridized carbons (Fsp3) is 0.286. The molecule has 0 unspecified atom stereocenters. The molecule has 0 saturated carbocycles. The summed E-state index contributed by atoms with van der Waals surface area (Å²) in [4.78, 5) is 39.0. The molecule has 1 saturated heterocycles. The summed E-state index contributed by atoms with van der Waals surface area (Å²) in [7, 11) is 2.47. The first kappa shape index (κ1) is 19.4. The van der Waals surface area contributed by atoms with Gasteiger partial charge in [0, 0.05) is 10.7 Å². The molecule has 29 heavy (non-hydrogen) atoms. The van der Waals surface area contributed by atoms with Gasteiger partial charge in [-0.15, -0.1) is 0 Å². The zero-order chi connectivity index (χ0) is 20.8. The van der Waals surface area contributed by atoms with E-state index in [4.69, 9.17) is 21.1 Å². The van der Waals surface area contributed by atoms with Crippen LogP contribution in [0, 0.1) is 5.92 Å². The molecule has 1 spiro atoms. The first-order chi connectivity index (χ1) is 13.9. The van der Waals surface area contributed by atoms with Crippen LogP contribution in [0.4, 0.5) is 5.69 Å². The molecule has 1 amide bonds. The van der Waals surface area contributed by atoms with Gasteiger partial charge in [0.05, 0.1) is 20.3 Å². The Bertz CT molecular complexity index is 993. The number of carbonyl (C=O) groups excluding carboxylic acids is 3. The Balaban J connectivity index is 2.00. The Labute approximate surface area is 172 Å². The number of ether oxygens (including phenoxy) is 2. The van der Waals surface area contributed by atoms with E-state index in [9.17, 15) is 14.4 Å². The molecule has 2 aromatic carbocycles. The summed E-state index contributed by atoms with van der Waals surface area (Å²) in [6.45, 7) is 0. The van der Waals surface area contributed by atoms with Crippen LogP contribution >= 0.6 is 11.6 Å². The predicted molar refractivity (Wildman–Crippen MR) is 105 cm³/mol. The molecule has 0 bridgehead atoms. The van der Waals surface area contributed by atoms with Crippen molar-refractivity contribution in [1.82, 2.24) is 5.32 Å². The maximum atomic E-state index is 13.5. The van der Waals surface area contributed by atoms with E-state index in [1.807, 2.05) is 0 Å². The number of methoxy groups -OCH3 is 2. The first-order valence-electron chi connectivity index (χ1n) is 9.03. The van der Waals surface area contributed by atoms with Gasteiger partial charge in [0.15, 0.2) is 0 Å². The average Bonchev–Trinajstić information content (AvgIpc) is 3.24. The van der Waals surface area contributed by atoms with Crippen molar-refractivity contribution in [2.45, 2.75) is 17.5 Å². The number of benzene rings is 2. The molecule has 4 atom stereocenters. The van der Waals surface area contributed by atoms with E-state index >= 15 is 0 Å². The van der Waals surface area contributed by atoms with Crippen molar-refractivity contribution >= 4 is 35.1 Å². The number of amides is 1. The molecule has 7 nitrogen and oxygen atoms in total. The van der Waals surface area contributed by atoms with Crippen molar-refractivity contribution < 1.29 is 23.9 Å². The van der Waals surface area contributed by atoms with Crippen molar-refractivity contribution in [1.29, 1.82) is 0 Å². The van der Waals surface area contributed by atoms with Gasteiger partial charge >= 0.3 is 11.9 Å². The van der Waals surface area contributed by atoms with Gasteiger partial charge in [0.2, 0.25) is 5.91 Å². The first-order valence-corrected chi connectivity index (χ1v) is 9.41. The molecular formula is C21H19ClN2O5. The Morgan fingerprint density at radius 1 is 1.00 bits per heavy atom. The molecule has 2 heterocycles. The maximum absolute atomic E-state index is 13.5. The van der Waals surface area contributed by atoms with Gasteiger partial charge in [0.25, 0.3) is 0 Å². The van der Waals surface area contributed by atoms with Crippen molar-refractivity contribution in [3.05, 3.63) is 64.7 Å². The van der Waals surface area contributed by atoms with Crippen LogP contribution in [0.5, 0.6) is 0 Å². The molecule has 1 fully saturated rings. The summed E-state index contributed by atoms with van der Waals surface area (Å²) in [5.41, 5.74) is 0.537. The molecule has 2 aliphatic rings. The van der Waals surface area contributed by atoms with Gasteiger partial charge in [-0.1, -0.05) is 41.9 Å². The molecule has 2 N–H and O–H groups in total. The van der Waals surface area contributed by atoms with Crippen LogP contribution in [0.1, 0.15) is 17.2 Å². The Kier molecular flexibility index (Phi) is 4.80. The fourth-order valence-corrected chi connectivity index (χ4v) is 4.67. The summed E-state index contributed by atoms with van der Waals surface area (Å²) in [5, 5.41) is 6.56. The zero-order valence-electron chi connectivity index (χ0n) is 15.8. The van der Waals surface area contributed by atoms with Crippen LogP contribution in [0.25, 0.3) is 0 Å². The van der Waals surface area contributed by atoms with Gasteiger partial charge in [0.1, 0.15) is 17.4 Å². The third-order valence-electron chi connectivity index (χ3n) is 5.74. The SMILES string of the molecule is COC(=O)[C@@H]1N[C@H](c2ccc(Cl)cc2)[C@]2(C(=O)Nc3ccccc32)[C@H]1C(=O)OC. The van der Waals surface area contributed by atoms with Crippen molar-refractivity contribution in [2.75, 3.05) is 19.5 Å². The lowest BCUT2D eigenvalue weighted by molar-refractivity contribution is -0.156. The van der Waals surface area contributed by atoms with E-state index in [-0.39, 0.29) is 5.91 Å². The lowest BCUT2D eigenvalue weighted by Crippen LogP contribution is -2.49. The third-order valence-corrected chi connectivity index (χ3v) is 5.99. The number of hydrogen-bond acceptors (Lipinski definition) is 6. The molecule has 4 rings (SSSR count). The highest BCUT2D eigenvalue weighted by atomic mass is 35.5. The van der Waals surface area contributed by atoms with Crippen LogP contribution in [-0.4, -0.2) is 38.1 Å². The number of fused-ring (bicyclic) bond motifs is 2. The minimum atomic E-state index is -1.39. The number of carbonyl (C=O) groups is 3. The van der Waals surface area contributed by atoms with Crippen LogP contribution < -0.4 is 10.6 Å². The van der Waals surface area contributed by atoms with Gasteiger partial charge in [-0.25, -0.2) is 0 Å². The lowest BCUT2D eigenvalue weighted by Gasteiger charge is -2.33. The number of nitrogens with one attached hydrogen (secondary N) is 2. The highest BCUT2D eigenvalue weighted by Crippen LogP contribution is 2.56. The summed E-state index contributed by atoms with van der Waals surface area (Å²) in [5.74, 6) is -2.82. The normalized spacial score (nSPS) is 27.4. The van der Waals surface area contributed by atoms with Crippen molar-refractivity contribution in [3.8, 4) is 0 Å². The second-order valence-corrected chi connectivity index (χ2v) is 7.46. The standard InChI is InChI=1S/C21H19ClN2O5/c1-28-18(25)15-16(19(26)29-2)24-17(11-7-9-12(22)10-8-11)21(15)13-5-3-4-6-14(13)23-20(21)27/h3-10,15-17,24H,1-2H3,(H,23,27)/t15-,16-,17-,21-/m1/s1. The van der Waals surface area contributed by atoms with E-state index in [0.717, 1.165) is 0 Å². The van der Waals surface area contributed by atoms with Gasteiger partial charge < -0.3 is 14.8 Å². The van der Waals surface area contributed by atoms with E-state index < -0.39 is 35.4 Å². The number of esters is 2. The monoisotopic (exact) mass is 414 g/mol. The molecule has 0 radical (unpaired) electrons. The van der Waals surface area contributed by atoms with Crippen molar-refractivity contribution in [2.24, 2.45) is 5.92 Å². The van der Waals surface area contributed by atoms with Gasteiger partial charge in [-0.05, 0) is 29.3 Å². The lowest BCUT2D eigenvalue weighted by atomic mass is 9.65. The second-order valence-electron chi connectivity index (χ2n) is 7.02. The predicted octanol–water partition coefficient (Wildman–Crippen LogP) is 2.21. The minimum absolute atomic E-state index is 0.382. The molecule has 2 aromatic rings. The fourth-order valence-electron chi connectivity index (χ4n) is 4.54. The zero-order valence-corrected chi connectivity index (χ0v) is 16.5. The summed E-state index contributed by atoms with van der Waals surface area (Å²) in [6.07, 6.45) is 0. The molecule has 8 heteroatoms. The second kappa shape index (κ2) is 7.17. The van der Waals surface area contributed by atoms with Crippen LogP contribution in [0.15, 0.2) is 48.5 Å². The highest BCUT2D eigenvalue weighted by Gasteiger charge is 2.68. The van der Waals surface area contributed by atoms with E-state index in [2.05, 4.69) is 10.6 Å². The summed E-state index contributed by atoms with van der Waals surface area (Å²) < 4.78 is 9.95. The summed E-state index contributed by atoms with van der Waals surface area (Å²) >= 11 is 6.03. The highest BCUT2D eigenvalue weighted by molar-refractivity contribution is 6.30. The van der Waals surface area contributed by atoms with Crippen molar-refractivity contribution in [3.63, 3.8) is 0 Å². The number of anilines is 1. The van der Waals surface area contributed by atoms with Gasteiger partial charge in [-0.3, -0.25) is 19.7 Å². The Morgan fingerprint density at radius 2 is 1.66 bits per heavy atom. The molecule has 0 aromatic heterocycles. The molecule has 0 aliphatic carbocycles. The van der Waals surface area contributed by atoms with E-state index in [0.29, 0.717) is 21.8 Å². The quantitative estimate of drug-likeness (QED) is 0.748. The van der Waals surface area contributed by atoms with Crippen LogP contribution in [0.2, 0.25) is 5.02 Å². The number of rotatable bonds is 3. The van der Waals surface area contributed by atoms with E-state index in [1.54, 1.807) is 48.5 Å². The Hall–Kier alpha value is -2.90. The van der Waals surface area contributed by atoms with Crippen LogP contribution in [0.3, 0.4) is 0 Å². The number of para-hydroxylation sites is 1. The summed E-state index contributed by atoms with van der Waals surface area (Å²) in [6, 6.07) is 12.3. The molecule has 2 aliphatic heterocycles. The molecular weight excluding hydrogens is 396 g/mol. The maximum Gasteiger partial charge on any atom is 0.323 e. The smallest absolute Gasteiger partial charge is 0.323 e.